The lowest BCUT2D eigenvalue weighted by molar-refractivity contribution is -0.384. The van der Waals surface area contributed by atoms with Gasteiger partial charge in [0.2, 0.25) is 5.91 Å². The summed E-state index contributed by atoms with van der Waals surface area (Å²) >= 11 is 1.27. The highest BCUT2D eigenvalue weighted by Gasteiger charge is 2.14. The van der Waals surface area contributed by atoms with E-state index in [4.69, 9.17) is 4.74 Å². The molecule has 0 radical (unpaired) electrons. The molecule has 2 aromatic rings. The van der Waals surface area contributed by atoms with Crippen molar-refractivity contribution in [3.05, 3.63) is 40.7 Å². The van der Waals surface area contributed by atoms with E-state index in [1.54, 1.807) is 17.0 Å². The largest absolute Gasteiger partial charge is 0.495 e. The van der Waals surface area contributed by atoms with Crippen molar-refractivity contribution in [2.24, 2.45) is 7.05 Å². The van der Waals surface area contributed by atoms with E-state index >= 15 is 0 Å². The van der Waals surface area contributed by atoms with Gasteiger partial charge in [0.25, 0.3) is 5.69 Å². The number of benzene rings is 1. The maximum Gasteiger partial charge on any atom is 0.271 e. The van der Waals surface area contributed by atoms with Gasteiger partial charge in [-0.05, 0) is 6.07 Å². The Kier molecular flexibility index (Phi) is 4.99. The minimum absolute atomic E-state index is 0.118. The molecule has 0 aliphatic rings. The SMILES string of the molecule is COc1ccc([N+](=O)[O-])cc1NC(=O)CSc1nccn1C. The van der Waals surface area contributed by atoms with Crippen LogP contribution in [0.3, 0.4) is 0 Å². The third kappa shape index (κ3) is 3.76. The molecule has 1 amide bonds. The summed E-state index contributed by atoms with van der Waals surface area (Å²) in [5.74, 6) is 0.198. The molecule has 0 aliphatic carbocycles. The Morgan fingerprint density at radius 3 is 2.91 bits per heavy atom. The Labute approximate surface area is 130 Å². The lowest BCUT2D eigenvalue weighted by Crippen LogP contribution is -2.15. The maximum absolute atomic E-state index is 12.0. The number of nitrogens with zero attached hydrogens (tertiary/aromatic N) is 3. The van der Waals surface area contributed by atoms with E-state index in [2.05, 4.69) is 10.3 Å². The van der Waals surface area contributed by atoms with Gasteiger partial charge in [-0.25, -0.2) is 4.98 Å². The van der Waals surface area contributed by atoms with Crippen LogP contribution in [0.15, 0.2) is 35.7 Å². The topological polar surface area (TPSA) is 99.3 Å². The average Bonchev–Trinajstić information content (AvgIpc) is 2.90. The normalized spacial score (nSPS) is 10.3. The highest BCUT2D eigenvalue weighted by molar-refractivity contribution is 7.99. The standard InChI is InChI=1S/C13H14N4O4S/c1-16-6-5-14-13(16)22-8-12(18)15-10-7-9(17(19)20)3-4-11(10)21-2/h3-7H,8H2,1-2H3,(H,15,18). The van der Waals surface area contributed by atoms with Crippen molar-refractivity contribution in [1.82, 2.24) is 9.55 Å². The summed E-state index contributed by atoms with van der Waals surface area (Å²) in [6.07, 6.45) is 3.42. The predicted molar refractivity (Wildman–Crippen MR) is 82.2 cm³/mol. The predicted octanol–water partition coefficient (Wildman–Crippen LogP) is 2.07. The number of thioether (sulfide) groups is 1. The molecular formula is C13H14N4O4S. The molecule has 1 N–H and O–H groups in total. The van der Waals surface area contributed by atoms with Gasteiger partial charge in [-0.1, -0.05) is 11.8 Å². The van der Waals surface area contributed by atoms with Gasteiger partial charge in [0, 0.05) is 31.6 Å². The minimum Gasteiger partial charge on any atom is -0.495 e. The Balaban J connectivity index is 2.05. The first-order valence-electron chi connectivity index (χ1n) is 6.23. The highest BCUT2D eigenvalue weighted by Crippen LogP contribution is 2.29. The lowest BCUT2D eigenvalue weighted by Gasteiger charge is -2.09. The van der Waals surface area contributed by atoms with Gasteiger partial charge in [-0.3, -0.25) is 14.9 Å². The van der Waals surface area contributed by atoms with Gasteiger partial charge >= 0.3 is 0 Å². The molecule has 116 valence electrons. The molecule has 1 aromatic heterocycles. The second-order valence-electron chi connectivity index (χ2n) is 4.30. The number of nitro groups is 1. The molecule has 0 fully saturated rings. The number of carbonyl (C=O) groups excluding carboxylic acids is 1. The number of carbonyl (C=O) groups is 1. The molecule has 1 heterocycles. The number of nitro benzene ring substituents is 1. The third-order valence-corrected chi connectivity index (χ3v) is 3.84. The number of anilines is 1. The third-order valence-electron chi connectivity index (χ3n) is 2.78. The van der Waals surface area contributed by atoms with E-state index < -0.39 is 4.92 Å². The quantitative estimate of drug-likeness (QED) is 0.496. The fourth-order valence-electron chi connectivity index (χ4n) is 1.71. The van der Waals surface area contributed by atoms with Crippen molar-refractivity contribution in [2.75, 3.05) is 18.2 Å². The first-order valence-corrected chi connectivity index (χ1v) is 7.22. The van der Waals surface area contributed by atoms with Gasteiger partial charge < -0.3 is 14.6 Å². The zero-order valence-electron chi connectivity index (χ0n) is 12.0. The molecule has 2 rings (SSSR count). The van der Waals surface area contributed by atoms with Crippen molar-refractivity contribution < 1.29 is 14.5 Å². The molecular weight excluding hydrogens is 308 g/mol. The van der Waals surface area contributed by atoms with Crippen LogP contribution in [0.25, 0.3) is 0 Å². The van der Waals surface area contributed by atoms with E-state index in [0.29, 0.717) is 10.9 Å². The number of nitrogens with one attached hydrogen (secondary N) is 1. The molecule has 8 nitrogen and oxygen atoms in total. The number of rotatable bonds is 6. The summed E-state index contributed by atoms with van der Waals surface area (Å²) < 4.78 is 6.89. The van der Waals surface area contributed by atoms with Gasteiger partial charge in [-0.2, -0.15) is 0 Å². The van der Waals surface area contributed by atoms with Gasteiger partial charge in [-0.15, -0.1) is 0 Å². The van der Waals surface area contributed by atoms with Gasteiger partial charge in [0.15, 0.2) is 5.16 Å². The van der Waals surface area contributed by atoms with Crippen molar-refractivity contribution in [3.63, 3.8) is 0 Å². The molecule has 9 heteroatoms. The van der Waals surface area contributed by atoms with Crippen LogP contribution in [0.1, 0.15) is 0 Å². The summed E-state index contributed by atoms with van der Waals surface area (Å²) in [7, 11) is 3.26. The van der Waals surface area contributed by atoms with E-state index in [1.165, 1.54) is 37.1 Å². The maximum atomic E-state index is 12.0. The van der Waals surface area contributed by atoms with Crippen LogP contribution < -0.4 is 10.1 Å². The van der Waals surface area contributed by atoms with Crippen LogP contribution >= 0.6 is 11.8 Å². The van der Waals surface area contributed by atoms with Crippen LogP contribution in [0, 0.1) is 10.1 Å². The van der Waals surface area contributed by atoms with Crippen molar-refractivity contribution in [1.29, 1.82) is 0 Å². The first kappa shape index (κ1) is 15.8. The molecule has 0 saturated carbocycles. The summed E-state index contributed by atoms with van der Waals surface area (Å²) in [6, 6.07) is 4.03. The number of methoxy groups -OCH3 is 1. The fourth-order valence-corrected chi connectivity index (χ4v) is 2.45. The second kappa shape index (κ2) is 6.94. The Bertz CT molecular complexity index is 701. The molecule has 1 aromatic carbocycles. The van der Waals surface area contributed by atoms with Crippen LogP contribution in [0.5, 0.6) is 5.75 Å². The molecule has 0 bridgehead atoms. The van der Waals surface area contributed by atoms with Gasteiger partial charge in [0.05, 0.1) is 23.5 Å². The lowest BCUT2D eigenvalue weighted by atomic mass is 10.2. The summed E-state index contributed by atoms with van der Waals surface area (Å²) in [5, 5.41) is 14.1. The molecule has 0 unspecified atom stereocenters. The van der Waals surface area contributed by atoms with E-state index in [1.807, 2.05) is 7.05 Å². The Morgan fingerprint density at radius 1 is 1.55 bits per heavy atom. The van der Waals surface area contributed by atoms with Crippen molar-refractivity contribution in [2.45, 2.75) is 5.16 Å². The molecule has 22 heavy (non-hydrogen) atoms. The summed E-state index contributed by atoms with van der Waals surface area (Å²) in [4.78, 5) is 26.3. The molecule has 0 atom stereocenters. The minimum atomic E-state index is -0.530. The van der Waals surface area contributed by atoms with Crippen molar-refractivity contribution in [3.8, 4) is 5.75 Å². The number of aryl methyl sites for hydroxylation is 1. The van der Waals surface area contributed by atoms with E-state index in [9.17, 15) is 14.9 Å². The zero-order valence-corrected chi connectivity index (χ0v) is 12.8. The Hall–Kier alpha value is -2.55. The Morgan fingerprint density at radius 2 is 2.32 bits per heavy atom. The molecule has 0 aliphatic heterocycles. The van der Waals surface area contributed by atoms with Crippen LogP contribution in [-0.4, -0.2) is 33.2 Å². The van der Waals surface area contributed by atoms with E-state index in [0.717, 1.165) is 0 Å². The molecule has 0 saturated heterocycles. The highest BCUT2D eigenvalue weighted by atomic mass is 32.2. The number of aromatic nitrogens is 2. The van der Waals surface area contributed by atoms with Crippen LogP contribution in [0.4, 0.5) is 11.4 Å². The first-order chi connectivity index (χ1) is 10.5. The van der Waals surface area contributed by atoms with Crippen LogP contribution in [-0.2, 0) is 11.8 Å². The number of ether oxygens (including phenoxy) is 1. The fraction of sp³-hybridized carbons (Fsp3) is 0.231. The number of amides is 1. The zero-order chi connectivity index (χ0) is 16.1. The van der Waals surface area contributed by atoms with Gasteiger partial charge in [0.1, 0.15) is 5.75 Å². The average molecular weight is 322 g/mol. The van der Waals surface area contributed by atoms with Crippen LogP contribution in [0.2, 0.25) is 0 Å². The summed E-state index contributed by atoms with van der Waals surface area (Å²) in [6.45, 7) is 0. The second-order valence-corrected chi connectivity index (χ2v) is 5.24. The van der Waals surface area contributed by atoms with E-state index in [-0.39, 0.29) is 23.0 Å². The number of imidazole rings is 1. The molecule has 0 spiro atoms. The number of hydrogen-bond donors (Lipinski definition) is 1. The smallest absolute Gasteiger partial charge is 0.271 e. The number of hydrogen-bond acceptors (Lipinski definition) is 6. The van der Waals surface area contributed by atoms with Crippen molar-refractivity contribution >= 4 is 29.0 Å². The summed E-state index contributed by atoms with van der Waals surface area (Å²) in [5.41, 5.74) is 0.148. The monoisotopic (exact) mass is 322 g/mol. The number of non-ortho nitro benzene ring substituents is 1.